The summed E-state index contributed by atoms with van der Waals surface area (Å²) in [5.41, 5.74) is -0.00704. The molecule has 1 aromatic rings. The van der Waals surface area contributed by atoms with Gasteiger partial charge in [-0.3, -0.25) is 15.0 Å². The third kappa shape index (κ3) is 2.39. The molecule has 13 heavy (non-hydrogen) atoms. The largest absolute Gasteiger partial charge is 0.294 e. The van der Waals surface area contributed by atoms with E-state index >= 15 is 0 Å². The van der Waals surface area contributed by atoms with Crippen LogP contribution in [0.4, 0.5) is 5.69 Å². The van der Waals surface area contributed by atoms with Gasteiger partial charge in [0.15, 0.2) is 0 Å². The minimum Gasteiger partial charge on any atom is -0.282 e. The molecule has 0 fully saturated rings. The standard InChI is InChI=1S/C6H7NO5S/c8-7(9)5-1-3-6(4-2-5)13(10,11)12/h1-4,8-9H,(H,10,11,12). The van der Waals surface area contributed by atoms with Crippen molar-refractivity contribution >= 4 is 15.8 Å². The minimum atomic E-state index is -4.23. The molecule has 0 aliphatic heterocycles. The van der Waals surface area contributed by atoms with Crippen LogP contribution in [-0.4, -0.2) is 23.4 Å². The maximum Gasteiger partial charge on any atom is 0.294 e. The highest BCUT2D eigenvalue weighted by Gasteiger charge is 2.09. The van der Waals surface area contributed by atoms with Crippen molar-refractivity contribution in [2.45, 2.75) is 4.90 Å². The van der Waals surface area contributed by atoms with Gasteiger partial charge in [-0.15, -0.1) is 5.23 Å². The summed E-state index contributed by atoms with van der Waals surface area (Å²) in [5.74, 6) is 0. The maximum atomic E-state index is 10.5. The van der Waals surface area contributed by atoms with Crippen molar-refractivity contribution in [3.63, 3.8) is 0 Å². The van der Waals surface area contributed by atoms with Gasteiger partial charge in [0.25, 0.3) is 10.1 Å². The molecule has 0 unspecified atom stereocenters. The van der Waals surface area contributed by atoms with Gasteiger partial charge in [-0.05, 0) is 24.3 Å². The average Bonchev–Trinajstić information content (AvgIpc) is 2.03. The van der Waals surface area contributed by atoms with Crippen molar-refractivity contribution < 1.29 is 23.4 Å². The SMILES string of the molecule is O=S(=O)(O)c1ccc(N(O)O)cc1. The summed E-state index contributed by atoms with van der Waals surface area (Å²) in [6.07, 6.45) is 0. The Morgan fingerprint density at radius 1 is 1.08 bits per heavy atom. The lowest BCUT2D eigenvalue weighted by molar-refractivity contribution is 0.0291. The maximum absolute atomic E-state index is 10.5. The van der Waals surface area contributed by atoms with Crippen molar-refractivity contribution in [1.29, 1.82) is 0 Å². The Kier molecular flexibility index (Phi) is 2.52. The van der Waals surface area contributed by atoms with Gasteiger partial charge in [0, 0.05) is 0 Å². The number of rotatable bonds is 2. The molecule has 0 radical (unpaired) electrons. The fourth-order valence-corrected chi connectivity index (χ4v) is 1.23. The Morgan fingerprint density at radius 2 is 1.54 bits per heavy atom. The van der Waals surface area contributed by atoms with Crippen LogP contribution in [0.3, 0.4) is 0 Å². The summed E-state index contributed by atoms with van der Waals surface area (Å²) in [5, 5.41) is 16.8. The van der Waals surface area contributed by atoms with Gasteiger partial charge < -0.3 is 0 Å². The van der Waals surface area contributed by atoms with Crippen molar-refractivity contribution in [3.8, 4) is 0 Å². The fourth-order valence-electron chi connectivity index (χ4n) is 0.751. The van der Waals surface area contributed by atoms with E-state index in [1.807, 2.05) is 0 Å². The Bertz CT molecular complexity index is 382. The second-order valence-electron chi connectivity index (χ2n) is 2.26. The predicted molar refractivity (Wildman–Crippen MR) is 42.3 cm³/mol. The van der Waals surface area contributed by atoms with E-state index in [0.717, 1.165) is 24.3 Å². The molecule has 0 saturated carbocycles. The molecule has 3 N–H and O–H groups in total. The van der Waals surface area contributed by atoms with Gasteiger partial charge >= 0.3 is 0 Å². The van der Waals surface area contributed by atoms with Gasteiger partial charge in [0.05, 0.1) is 10.6 Å². The van der Waals surface area contributed by atoms with E-state index in [4.69, 9.17) is 15.0 Å². The molecular weight excluding hydrogens is 198 g/mol. The van der Waals surface area contributed by atoms with Crippen LogP contribution in [0.2, 0.25) is 0 Å². The van der Waals surface area contributed by atoms with Crippen LogP contribution in [0.1, 0.15) is 0 Å². The number of hydrogen-bond acceptors (Lipinski definition) is 5. The second-order valence-corrected chi connectivity index (χ2v) is 3.68. The van der Waals surface area contributed by atoms with E-state index in [1.165, 1.54) is 0 Å². The molecule has 0 atom stereocenters. The van der Waals surface area contributed by atoms with Crippen LogP contribution in [0.5, 0.6) is 0 Å². The molecule has 0 aliphatic carbocycles. The van der Waals surface area contributed by atoms with Crippen LogP contribution < -0.4 is 5.23 Å². The van der Waals surface area contributed by atoms with Crippen LogP contribution in [0.25, 0.3) is 0 Å². The first-order chi connectivity index (χ1) is 5.91. The number of anilines is 1. The summed E-state index contributed by atoms with van der Waals surface area (Å²) in [6.45, 7) is 0. The van der Waals surface area contributed by atoms with E-state index in [-0.39, 0.29) is 15.8 Å². The monoisotopic (exact) mass is 205 g/mol. The Labute approximate surface area is 74.3 Å². The normalized spacial score (nSPS) is 11.3. The molecular formula is C6H7NO5S. The third-order valence-electron chi connectivity index (χ3n) is 1.37. The van der Waals surface area contributed by atoms with Crippen LogP contribution >= 0.6 is 0 Å². The third-order valence-corrected chi connectivity index (χ3v) is 2.23. The first-order valence-electron chi connectivity index (χ1n) is 3.17. The van der Waals surface area contributed by atoms with Crippen molar-refractivity contribution in [2.24, 2.45) is 0 Å². The lowest BCUT2D eigenvalue weighted by atomic mass is 10.3. The molecule has 72 valence electrons. The molecule has 0 bridgehead atoms. The molecule has 0 spiro atoms. The highest BCUT2D eigenvalue weighted by molar-refractivity contribution is 7.85. The van der Waals surface area contributed by atoms with Crippen LogP contribution in [0, 0.1) is 0 Å². The van der Waals surface area contributed by atoms with E-state index < -0.39 is 10.1 Å². The van der Waals surface area contributed by atoms with Gasteiger partial charge in [0.2, 0.25) is 0 Å². The van der Waals surface area contributed by atoms with Gasteiger partial charge in [-0.2, -0.15) is 8.42 Å². The Balaban J connectivity index is 3.08. The predicted octanol–water partition coefficient (Wildman–Crippen LogP) is 0.518. The lowest BCUT2D eigenvalue weighted by Gasteiger charge is -2.07. The molecule has 0 aliphatic rings. The lowest BCUT2D eigenvalue weighted by Crippen LogP contribution is -2.10. The smallest absolute Gasteiger partial charge is 0.282 e. The Hall–Kier alpha value is -1.15. The van der Waals surface area contributed by atoms with Crippen molar-refractivity contribution in [1.82, 2.24) is 0 Å². The first-order valence-corrected chi connectivity index (χ1v) is 4.61. The van der Waals surface area contributed by atoms with Crippen molar-refractivity contribution in [2.75, 3.05) is 5.23 Å². The zero-order valence-corrected chi connectivity index (χ0v) is 7.14. The van der Waals surface area contributed by atoms with E-state index in [1.54, 1.807) is 0 Å². The van der Waals surface area contributed by atoms with E-state index in [2.05, 4.69) is 0 Å². The molecule has 7 heteroatoms. The molecule has 0 saturated heterocycles. The number of nitrogens with zero attached hydrogens (tertiary/aromatic N) is 1. The average molecular weight is 205 g/mol. The molecule has 1 rings (SSSR count). The number of hydrogen-bond donors (Lipinski definition) is 3. The topological polar surface area (TPSA) is 98.1 Å². The summed E-state index contributed by atoms with van der Waals surface area (Å²) in [6, 6.07) is 4.35. The van der Waals surface area contributed by atoms with E-state index in [9.17, 15) is 8.42 Å². The van der Waals surface area contributed by atoms with Crippen molar-refractivity contribution in [3.05, 3.63) is 24.3 Å². The highest BCUT2D eigenvalue weighted by atomic mass is 32.2. The minimum absolute atomic E-state index is 0.00704. The van der Waals surface area contributed by atoms with Gasteiger partial charge in [0.1, 0.15) is 0 Å². The second kappa shape index (κ2) is 3.30. The van der Waals surface area contributed by atoms with Gasteiger partial charge in [-0.25, -0.2) is 0 Å². The molecule has 1 aromatic carbocycles. The molecule has 0 amide bonds. The molecule has 0 heterocycles. The zero-order chi connectivity index (χ0) is 10.1. The molecule has 0 aromatic heterocycles. The van der Waals surface area contributed by atoms with Gasteiger partial charge in [-0.1, -0.05) is 0 Å². The first kappa shape index (κ1) is 9.93. The van der Waals surface area contributed by atoms with Crippen LogP contribution in [-0.2, 0) is 10.1 Å². The highest BCUT2D eigenvalue weighted by Crippen LogP contribution is 2.14. The number of benzene rings is 1. The quantitative estimate of drug-likeness (QED) is 0.481. The zero-order valence-electron chi connectivity index (χ0n) is 6.32. The van der Waals surface area contributed by atoms with E-state index in [0.29, 0.717) is 0 Å². The summed E-state index contributed by atoms with van der Waals surface area (Å²) in [4.78, 5) is -0.307. The molecule has 6 nitrogen and oxygen atoms in total. The van der Waals surface area contributed by atoms with Crippen LogP contribution in [0.15, 0.2) is 29.2 Å². The summed E-state index contributed by atoms with van der Waals surface area (Å²) < 4.78 is 29.6. The Morgan fingerprint density at radius 3 is 1.85 bits per heavy atom. The fraction of sp³-hybridized carbons (Fsp3) is 0. The summed E-state index contributed by atoms with van der Waals surface area (Å²) in [7, 11) is -4.23. The summed E-state index contributed by atoms with van der Waals surface area (Å²) >= 11 is 0.